The largest absolute Gasteiger partial charge is 0.338 e. The first kappa shape index (κ1) is 17.5. The Morgan fingerprint density at radius 1 is 1.24 bits per heavy atom. The zero-order valence-corrected chi connectivity index (χ0v) is 15.0. The molecule has 2 fully saturated rings. The monoisotopic (exact) mass is 343 g/mol. The van der Waals surface area contributed by atoms with Crippen molar-refractivity contribution in [3.05, 3.63) is 35.4 Å². The van der Waals surface area contributed by atoms with E-state index in [-0.39, 0.29) is 24.4 Å². The van der Waals surface area contributed by atoms with Crippen LogP contribution in [0.25, 0.3) is 0 Å². The van der Waals surface area contributed by atoms with Gasteiger partial charge in [-0.1, -0.05) is 29.8 Å². The predicted molar refractivity (Wildman–Crippen MR) is 93.8 cm³/mol. The van der Waals surface area contributed by atoms with Gasteiger partial charge in [0.05, 0.1) is 0 Å². The number of hydrogen-bond acceptors (Lipinski definition) is 3. The van der Waals surface area contributed by atoms with E-state index in [9.17, 15) is 14.4 Å². The zero-order chi connectivity index (χ0) is 18.2. The Labute approximate surface area is 148 Å². The number of amides is 4. The molecule has 25 heavy (non-hydrogen) atoms. The van der Waals surface area contributed by atoms with Gasteiger partial charge in [0.1, 0.15) is 12.1 Å². The molecule has 0 aromatic heterocycles. The standard InChI is InChI=1S/C19H25N3O3/c1-13-7-9-15(10-8-13)19(3)17(24)22(18(25)20-19)12-16(23)21-11-5-4-6-14(21)2/h7-10,14H,4-6,11-12H2,1-3H3,(H,20,25). The topological polar surface area (TPSA) is 69.7 Å². The third kappa shape index (κ3) is 3.13. The van der Waals surface area contributed by atoms with Crippen LogP contribution in [0.2, 0.25) is 0 Å². The summed E-state index contributed by atoms with van der Waals surface area (Å²) in [4.78, 5) is 40.7. The Kier molecular flexibility index (Phi) is 4.54. The van der Waals surface area contributed by atoms with Gasteiger partial charge in [-0.15, -0.1) is 0 Å². The molecule has 6 nitrogen and oxygen atoms in total. The number of carbonyl (C=O) groups is 3. The van der Waals surface area contributed by atoms with Crippen molar-refractivity contribution in [2.24, 2.45) is 0 Å². The first-order valence-electron chi connectivity index (χ1n) is 8.83. The molecule has 1 aromatic rings. The number of aryl methyl sites for hydroxylation is 1. The maximum absolute atomic E-state index is 12.9. The fourth-order valence-corrected chi connectivity index (χ4v) is 3.62. The molecule has 0 radical (unpaired) electrons. The zero-order valence-electron chi connectivity index (χ0n) is 15.0. The van der Waals surface area contributed by atoms with Crippen molar-refractivity contribution in [3.8, 4) is 0 Å². The number of piperidine rings is 1. The number of urea groups is 1. The van der Waals surface area contributed by atoms with Crippen molar-refractivity contribution >= 4 is 17.8 Å². The molecule has 3 rings (SSSR count). The van der Waals surface area contributed by atoms with Crippen molar-refractivity contribution in [2.45, 2.75) is 51.6 Å². The highest BCUT2D eigenvalue weighted by atomic mass is 16.2. The minimum absolute atomic E-state index is 0.158. The van der Waals surface area contributed by atoms with E-state index in [1.165, 1.54) is 0 Å². The minimum atomic E-state index is -1.13. The van der Waals surface area contributed by atoms with Crippen LogP contribution in [0.3, 0.4) is 0 Å². The molecule has 1 aromatic carbocycles. The minimum Gasteiger partial charge on any atom is -0.338 e. The van der Waals surface area contributed by atoms with Crippen LogP contribution >= 0.6 is 0 Å². The number of imide groups is 1. The molecule has 2 atom stereocenters. The number of hydrogen-bond donors (Lipinski definition) is 1. The van der Waals surface area contributed by atoms with Crippen molar-refractivity contribution < 1.29 is 14.4 Å². The van der Waals surface area contributed by atoms with Crippen LogP contribution in [0.5, 0.6) is 0 Å². The molecule has 2 heterocycles. The van der Waals surface area contributed by atoms with Gasteiger partial charge in [-0.2, -0.15) is 0 Å². The molecule has 134 valence electrons. The highest BCUT2D eigenvalue weighted by Crippen LogP contribution is 2.29. The van der Waals surface area contributed by atoms with E-state index in [1.54, 1.807) is 11.8 Å². The summed E-state index contributed by atoms with van der Waals surface area (Å²) in [5.74, 6) is -0.539. The molecule has 2 saturated heterocycles. The highest BCUT2D eigenvalue weighted by molar-refractivity contribution is 6.09. The Hall–Kier alpha value is -2.37. The lowest BCUT2D eigenvalue weighted by molar-refractivity contribution is -0.140. The van der Waals surface area contributed by atoms with Crippen LogP contribution in [0.1, 0.15) is 44.2 Å². The number of rotatable bonds is 3. The van der Waals surface area contributed by atoms with Crippen LogP contribution in [-0.2, 0) is 15.1 Å². The average molecular weight is 343 g/mol. The van der Waals surface area contributed by atoms with Gasteiger partial charge >= 0.3 is 6.03 Å². The van der Waals surface area contributed by atoms with Crippen molar-refractivity contribution in [1.29, 1.82) is 0 Å². The number of carbonyl (C=O) groups excluding carboxylic acids is 3. The Morgan fingerprint density at radius 3 is 2.56 bits per heavy atom. The summed E-state index contributed by atoms with van der Waals surface area (Å²) >= 11 is 0. The van der Waals surface area contributed by atoms with Gasteiger partial charge in [-0.3, -0.25) is 14.5 Å². The van der Waals surface area contributed by atoms with E-state index in [0.717, 1.165) is 35.3 Å². The van der Waals surface area contributed by atoms with Gasteiger partial charge < -0.3 is 10.2 Å². The summed E-state index contributed by atoms with van der Waals surface area (Å²) < 4.78 is 0. The summed E-state index contributed by atoms with van der Waals surface area (Å²) in [6.45, 7) is 6.16. The SMILES string of the molecule is Cc1ccc(C2(C)NC(=O)N(CC(=O)N3CCCCC3C)C2=O)cc1. The summed E-state index contributed by atoms with van der Waals surface area (Å²) in [6.07, 6.45) is 3.05. The van der Waals surface area contributed by atoms with Crippen LogP contribution < -0.4 is 5.32 Å². The molecule has 4 amide bonds. The van der Waals surface area contributed by atoms with E-state index in [1.807, 2.05) is 38.1 Å². The van der Waals surface area contributed by atoms with Crippen LogP contribution in [0, 0.1) is 6.92 Å². The normalized spacial score (nSPS) is 26.8. The Bertz CT molecular complexity index is 700. The van der Waals surface area contributed by atoms with E-state index < -0.39 is 11.6 Å². The fourth-order valence-electron chi connectivity index (χ4n) is 3.62. The van der Waals surface area contributed by atoms with E-state index >= 15 is 0 Å². The van der Waals surface area contributed by atoms with Crippen LogP contribution in [0.15, 0.2) is 24.3 Å². The second-order valence-corrected chi connectivity index (χ2v) is 7.24. The smallest absolute Gasteiger partial charge is 0.325 e. The second-order valence-electron chi connectivity index (χ2n) is 7.24. The third-order valence-electron chi connectivity index (χ3n) is 5.32. The van der Waals surface area contributed by atoms with Gasteiger partial charge in [0.2, 0.25) is 5.91 Å². The molecule has 6 heteroatoms. The van der Waals surface area contributed by atoms with Crippen molar-refractivity contribution in [1.82, 2.24) is 15.1 Å². The third-order valence-corrected chi connectivity index (χ3v) is 5.32. The molecule has 0 bridgehead atoms. The number of nitrogens with one attached hydrogen (secondary N) is 1. The van der Waals surface area contributed by atoms with Gasteiger partial charge in [-0.25, -0.2) is 4.79 Å². The molecular formula is C19H25N3O3. The van der Waals surface area contributed by atoms with Crippen LogP contribution in [0.4, 0.5) is 4.79 Å². The molecule has 2 aliphatic rings. The second kappa shape index (κ2) is 6.50. The van der Waals surface area contributed by atoms with Crippen molar-refractivity contribution in [2.75, 3.05) is 13.1 Å². The highest BCUT2D eigenvalue weighted by Gasteiger charge is 2.49. The molecule has 0 saturated carbocycles. The maximum Gasteiger partial charge on any atom is 0.325 e. The number of likely N-dealkylation sites (tertiary alicyclic amines) is 1. The van der Waals surface area contributed by atoms with Gasteiger partial charge in [-0.05, 0) is 45.6 Å². The van der Waals surface area contributed by atoms with Crippen molar-refractivity contribution in [3.63, 3.8) is 0 Å². The fraction of sp³-hybridized carbons (Fsp3) is 0.526. The van der Waals surface area contributed by atoms with Crippen LogP contribution in [-0.4, -0.2) is 46.8 Å². The summed E-state index contributed by atoms with van der Waals surface area (Å²) in [6, 6.07) is 7.14. The average Bonchev–Trinajstić information content (AvgIpc) is 2.80. The molecular weight excluding hydrogens is 318 g/mol. The maximum atomic E-state index is 12.9. The molecule has 0 aliphatic carbocycles. The lowest BCUT2D eigenvalue weighted by Crippen LogP contribution is -2.48. The Balaban J connectivity index is 1.77. The lowest BCUT2D eigenvalue weighted by Gasteiger charge is -2.34. The first-order valence-corrected chi connectivity index (χ1v) is 8.83. The quantitative estimate of drug-likeness (QED) is 0.855. The summed E-state index contributed by atoms with van der Waals surface area (Å²) in [7, 11) is 0. The summed E-state index contributed by atoms with van der Waals surface area (Å²) in [5, 5.41) is 2.75. The van der Waals surface area contributed by atoms with Gasteiger partial charge in [0.15, 0.2) is 0 Å². The Morgan fingerprint density at radius 2 is 1.92 bits per heavy atom. The first-order chi connectivity index (χ1) is 11.8. The van der Waals surface area contributed by atoms with Gasteiger partial charge in [0.25, 0.3) is 5.91 Å². The molecule has 0 spiro atoms. The number of nitrogens with zero attached hydrogens (tertiary/aromatic N) is 2. The van der Waals surface area contributed by atoms with Gasteiger partial charge in [0, 0.05) is 12.6 Å². The molecule has 1 N–H and O–H groups in total. The number of benzene rings is 1. The molecule has 2 aliphatic heterocycles. The predicted octanol–water partition coefficient (Wildman–Crippen LogP) is 2.16. The molecule has 2 unspecified atom stereocenters. The summed E-state index contributed by atoms with van der Waals surface area (Å²) in [5.41, 5.74) is 0.673. The van der Waals surface area contributed by atoms with E-state index in [4.69, 9.17) is 0 Å². The van der Waals surface area contributed by atoms with E-state index in [2.05, 4.69) is 5.32 Å². The van der Waals surface area contributed by atoms with E-state index in [0.29, 0.717) is 6.54 Å². The lowest BCUT2D eigenvalue weighted by atomic mass is 9.91.